The number of halogens is 3. The molecule has 0 aliphatic carbocycles. The maximum absolute atomic E-state index is 12.8. The Bertz CT molecular complexity index is 900. The molecule has 0 saturated carbocycles. The third-order valence-electron chi connectivity index (χ3n) is 4.52. The van der Waals surface area contributed by atoms with Crippen molar-refractivity contribution in [3.63, 3.8) is 0 Å². The normalized spacial score (nSPS) is 18.8. The topological polar surface area (TPSA) is 72.4 Å². The van der Waals surface area contributed by atoms with Crippen LogP contribution in [0.25, 0.3) is 0 Å². The fourth-order valence-corrected chi connectivity index (χ4v) is 4.43. The molecule has 0 radical (unpaired) electrons. The number of benzene rings is 1. The fraction of sp³-hybridized carbons (Fsp3) is 0.444. The van der Waals surface area contributed by atoms with Crippen molar-refractivity contribution in [3.05, 3.63) is 47.8 Å². The van der Waals surface area contributed by atoms with Crippen molar-refractivity contribution < 1.29 is 26.3 Å². The van der Waals surface area contributed by atoms with E-state index in [2.05, 4.69) is 9.97 Å². The lowest BCUT2D eigenvalue weighted by molar-refractivity contribution is -0.137. The van der Waals surface area contributed by atoms with E-state index in [1.165, 1.54) is 4.31 Å². The first-order valence-corrected chi connectivity index (χ1v) is 10.3. The van der Waals surface area contributed by atoms with Crippen LogP contribution >= 0.6 is 0 Å². The van der Waals surface area contributed by atoms with Gasteiger partial charge in [0.1, 0.15) is 6.10 Å². The Morgan fingerprint density at radius 2 is 1.82 bits per heavy atom. The summed E-state index contributed by atoms with van der Waals surface area (Å²) in [5.41, 5.74) is 0.0708. The minimum absolute atomic E-state index is 0.0856. The molecule has 1 aliphatic rings. The molecule has 2 heterocycles. The lowest BCUT2D eigenvalue weighted by Gasteiger charge is -2.31. The Morgan fingerprint density at radius 3 is 2.39 bits per heavy atom. The van der Waals surface area contributed by atoms with E-state index in [1.54, 1.807) is 12.4 Å². The quantitative estimate of drug-likeness (QED) is 0.749. The Balaban J connectivity index is 1.71. The van der Waals surface area contributed by atoms with Gasteiger partial charge in [-0.05, 0) is 49.1 Å². The number of hydrogen-bond acceptors (Lipinski definition) is 5. The number of ether oxygens (including phenoxy) is 1. The second-order valence-electron chi connectivity index (χ2n) is 6.49. The largest absolute Gasteiger partial charge is 0.459 e. The van der Waals surface area contributed by atoms with Crippen molar-refractivity contribution in [2.45, 2.75) is 43.4 Å². The van der Waals surface area contributed by atoms with Crippen LogP contribution in [0.4, 0.5) is 13.2 Å². The van der Waals surface area contributed by atoms with Crippen LogP contribution in [-0.4, -0.2) is 41.9 Å². The highest BCUT2D eigenvalue weighted by Crippen LogP contribution is 2.30. The van der Waals surface area contributed by atoms with Gasteiger partial charge in [0.15, 0.2) is 0 Å². The number of alkyl halides is 3. The summed E-state index contributed by atoms with van der Waals surface area (Å²) >= 11 is 0. The molecular weight excluding hydrogens is 395 g/mol. The third kappa shape index (κ3) is 4.61. The maximum Gasteiger partial charge on any atom is 0.416 e. The molecule has 2 aromatic rings. The average Bonchev–Trinajstić information content (AvgIpc) is 2.68. The SMILES string of the molecule is CCc1cnc(OC2CCCN(S(=O)(=O)c3ccc(C(F)(F)F)cc3)C2)nc1. The van der Waals surface area contributed by atoms with Crippen molar-refractivity contribution in [1.29, 1.82) is 0 Å². The summed E-state index contributed by atoms with van der Waals surface area (Å²) in [5.74, 6) is 0. The lowest BCUT2D eigenvalue weighted by Crippen LogP contribution is -2.44. The van der Waals surface area contributed by atoms with Crippen LogP contribution in [0.2, 0.25) is 0 Å². The van der Waals surface area contributed by atoms with Gasteiger partial charge in [-0.3, -0.25) is 0 Å². The summed E-state index contributed by atoms with van der Waals surface area (Å²) in [5, 5.41) is 0. The van der Waals surface area contributed by atoms with Crippen LogP contribution in [-0.2, 0) is 22.6 Å². The van der Waals surface area contributed by atoms with Crippen LogP contribution in [0.15, 0.2) is 41.6 Å². The number of aromatic nitrogens is 2. The summed E-state index contributed by atoms with van der Waals surface area (Å²) in [7, 11) is -3.91. The van der Waals surface area contributed by atoms with Crippen molar-refractivity contribution in [2.24, 2.45) is 0 Å². The molecule has 3 rings (SSSR count). The maximum atomic E-state index is 12.8. The zero-order valence-electron chi connectivity index (χ0n) is 15.2. The first kappa shape index (κ1) is 20.5. The van der Waals surface area contributed by atoms with E-state index in [0.717, 1.165) is 36.2 Å². The van der Waals surface area contributed by atoms with E-state index in [0.29, 0.717) is 12.8 Å². The fourth-order valence-electron chi connectivity index (χ4n) is 2.92. The molecule has 0 N–H and O–H groups in total. The first-order chi connectivity index (χ1) is 13.2. The molecule has 1 saturated heterocycles. The van der Waals surface area contributed by atoms with Gasteiger partial charge in [-0.15, -0.1) is 0 Å². The number of aryl methyl sites for hydroxylation is 1. The Kier molecular flexibility index (Phi) is 5.90. The lowest BCUT2D eigenvalue weighted by atomic mass is 10.1. The van der Waals surface area contributed by atoms with Gasteiger partial charge in [-0.25, -0.2) is 18.4 Å². The predicted octanol–water partition coefficient (Wildman–Crippen LogP) is 3.29. The van der Waals surface area contributed by atoms with E-state index >= 15 is 0 Å². The molecule has 1 aliphatic heterocycles. The smallest absolute Gasteiger partial charge is 0.416 e. The predicted molar refractivity (Wildman–Crippen MR) is 95.3 cm³/mol. The summed E-state index contributed by atoms with van der Waals surface area (Å²) < 4.78 is 70.6. The molecule has 1 aromatic carbocycles. The van der Waals surface area contributed by atoms with Gasteiger partial charge in [0.2, 0.25) is 10.0 Å². The van der Waals surface area contributed by atoms with Crippen LogP contribution < -0.4 is 4.74 Å². The van der Waals surface area contributed by atoms with Gasteiger partial charge in [-0.1, -0.05) is 6.92 Å². The van der Waals surface area contributed by atoms with Gasteiger partial charge in [0.25, 0.3) is 0 Å². The van der Waals surface area contributed by atoms with Gasteiger partial charge in [0.05, 0.1) is 17.0 Å². The number of hydrogen-bond donors (Lipinski definition) is 0. The van der Waals surface area contributed by atoms with Crippen molar-refractivity contribution in [2.75, 3.05) is 13.1 Å². The van der Waals surface area contributed by atoms with E-state index in [1.807, 2.05) is 6.92 Å². The first-order valence-electron chi connectivity index (χ1n) is 8.85. The molecule has 10 heteroatoms. The molecule has 1 unspecified atom stereocenters. The third-order valence-corrected chi connectivity index (χ3v) is 6.40. The molecule has 0 spiro atoms. The van der Waals surface area contributed by atoms with Gasteiger partial charge < -0.3 is 4.74 Å². The van der Waals surface area contributed by atoms with E-state index in [-0.39, 0.29) is 24.0 Å². The Labute approximate surface area is 161 Å². The average molecular weight is 415 g/mol. The van der Waals surface area contributed by atoms with E-state index in [4.69, 9.17) is 4.74 Å². The molecule has 0 bridgehead atoms. The summed E-state index contributed by atoms with van der Waals surface area (Å²) in [6.07, 6.45) is 0.368. The van der Waals surface area contributed by atoms with E-state index < -0.39 is 27.9 Å². The highest BCUT2D eigenvalue weighted by atomic mass is 32.2. The van der Waals surface area contributed by atoms with Crippen molar-refractivity contribution in [3.8, 4) is 6.01 Å². The zero-order valence-corrected chi connectivity index (χ0v) is 16.0. The van der Waals surface area contributed by atoms with Crippen molar-refractivity contribution >= 4 is 10.0 Å². The standard InChI is InChI=1S/C18H20F3N3O3S/c1-2-13-10-22-17(23-11-13)27-15-4-3-9-24(12-15)28(25,26)16-7-5-14(6-8-16)18(19,20)21/h5-8,10-11,15H,2-4,9,12H2,1H3. The molecule has 28 heavy (non-hydrogen) atoms. The molecule has 1 aromatic heterocycles. The summed E-state index contributed by atoms with van der Waals surface area (Å²) in [6, 6.07) is 3.68. The van der Waals surface area contributed by atoms with Crippen LogP contribution in [0.3, 0.4) is 0 Å². The molecule has 1 atom stereocenters. The van der Waals surface area contributed by atoms with Gasteiger partial charge >= 0.3 is 12.2 Å². The molecule has 1 fully saturated rings. The monoisotopic (exact) mass is 415 g/mol. The Morgan fingerprint density at radius 1 is 1.18 bits per heavy atom. The number of rotatable bonds is 5. The highest BCUT2D eigenvalue weighted by molar-refractivity contribution is 7.89. The minimum Gasteiger partial charge on any atom is -0.459 e. The second kappa shape index (κ2) is 8.04. The zero-order chi connectivity index (χ0) is 20.4. The van der Waals surface area contributed by atoms with Crippen LogP contribution in [0.1, 0.15) is 30.9 Å². The molecule has 6 nitrogen and oxygen atoms in total. The second-order valence-corrected chi connectivity index (χ2v) is 8.43. The molecule has 152 valence electrons. The highest BCUT2D eigenvalue weighted by Gasteiger charge is 2.34. The minimum atomic E-state index is -4.51. The van der Waals surface area contributed by atoms with E-state index in [9.17, 15) is 21.6 Å². The summed E-state index contributed by atoms with van der Waals surface area (Å²) in [4.78, 5) is 8.05. The molecule has 0 amide bonds. The van der Waals surface area contributed by atoms with Crippen LogP contribution in [0, 0.1) is 0 Å². The van der Waals surface area contributed by atoms with Gasteiger partial charge in [-0.2, -0.15) is 17.5 Å². The Hall–Kier alpha value is -2.20. The summed E-state index contributed by atoms with van der Waals surface area (Å²) in [6.45, 7) is 2.34. The molecular formula is C18H20F3N3O3S. The number of piperidine rings is 1. The number of sulfonamides is 1. The van der Waals surface area contributed by atoms with Crippen molar-refractivity contribution in [1.82, 2.24) is 14.3 Å². The van der Waals surface area contributed by atoms with Crippen LogP contribution in [0.5, 0.6) is 6.01 Å². The van der Waals surface area contributed by atoms with Gasteiger partial charge in [0, 0.05) is 18.9 Å². The number of nitrogens with zero attached hydrogens (tertiary/aromatic N) is 3.